The lowest BCUT2D eigenvalue weighted by molar-refractivity contribution is -0.129. The Bertz CT molecular complexity index is 1060. The molecule has 3 rings (SSSR count). The lowest BCUT2D eigenvalue weighted by Gasteiger charge is -2.18. The van der Waals surface area contributed by atoms with Crippen LogP contribution in [0.15, 0.2) is 64.1 Å². The van der Waals surface area contributed by atoms with Crippen molar-refractivity contribution in [3.05, 3.63) is 70.4 Å². The summed E-state index contributed by atoms with van der Waals surface area (Å²) in [6.45, 7) is 4.36. The van der Waals surface area contributed by atoms with Crippen LogP contribution in [-0.2, 0) is 19.6 Å². The normalized spacial score (nSPS) is 15.8. The number of rotatable bonds is 6. The summed E-state index contributed by atoms with van der Waals surface area (Å²) < 4.78 is 31.7. The van der Waals surface area contributed by atoms with Gasteiger partial charge in [0, 0.05) is 23.7 Å². The van der Waals surface area contributed by atoms with E-state index in [2.05, 4.69) is 4.99 Å². The maximum absolute atomic E-state index is 12.6. The Morgan fingerprint density at radius 3 is 2.39 bits per heavy atom. The molecule has 8 heteroatoms. The van der Waals surface area contributed by atoms with Crippen molar-refractivity contribution in [1.82, 2.24) is 4.31 Å². The van der Waals surface area contributed by atoms with Gasteiger partial charge in [0.05, 0.1) is 4.90 Å². The highest BCUT2D eigenvalue weighted by molar-refractivity contribution is 7.89. The third-order valence-corrected chi connectivity index (χ3v) is 6.52. The highest BCUT2D eigenvalue weighted by Gasteiger charge is 2.26. The fraction of sp³-hybridized carbons (Fsp3) is 0.200. The molecule has 1 heterocycles. The minimum absolute atomic E-state index is 0.130. The number of hydrogen-bond acceptors (Lipinski definition) is 5. The quantitative estimate of drug-likeness (QED) is 0.529. The summed E-state index contributed by atoms with van der Waals surface area (Å²) in [4.78, 5) is 16.5. The van der Waals surface area contributed by atoms with Crippen molar-refractivity contribution in [3.8, 4) is 0 Å². The van der Waals surface area contributed by atoms with Crippen LogP contribution in [0.25, 0.3) is 6.08 Å². The highest BCUT2D eigenvalue weighted by atomic mass is 35.5. The fourth-order valence-electron chi connectivity index (χ4n) is 2.77. The molecule has 0 amide bonds. The number of esters is 1. The second-order valence-electron chi connectivity index (χ2n) is 6.00. The van der Waals surface area contributed by atoms with Crippen molar-refractivity contribution in [2.75, 3.05) is 13.1 Å². The van der Waals surface area contributed by atoms with Gasteiger partial charge in [0.2, 0.25) is 15.9 Å². The van der Waals surface area contributed by atoms with E-state index in [4.69, 9.17) is 16.3 Å². The number of ether oxygens (including phenoxy) is 1. The molecule has 0 fully saturated rings. The third kappa shape index (κ3) is 4.16. The van der Waals surface area contributed by atoms with Crippen molar-refractivity contribution < 1.29 is 17.9 Å². The van der Waals surface area contributed by atoms with Crippen LogP contribution in [0.2, 0.25) is 5.02 Å². The number of benzene rings is 2. The Balaban J connectivity index is 1.87. The topological polar surface area (TPSA) is 76.0 Å². The molecular weight excluding hydrogens is 400 g/mol. The number of hydrogen-bond donors (Lipinski definition) is 0. The lowest BCUT2D eigenvalue weighted by atomic mass is 10.2. The second-order valence-corrected chi connectivity index (χ2v) is 8.38. The summed E-state index contributed by atoms with van der Waals surface area (Å²) in [5, 5.41) is 0.551. The summed E-state index contributed by atoms with van der Waals surface area (Å²) >= 11 is 5.95. The van der Waals surface area contributed by atoms with E-state index >= 15 is 0 Å². The van der Waals surface area contributed by atoms with E-state index in [1.54, 1.807) is 56.3 Å². The molecule has 0 saturated heterocycles. The van der Waals surface area contributed by atoms with Crippen LogP contribution < -0.4 is 0 Å². The standard InChI is InChI=1S/C20H19ClN2O4S/c1-3-23(4-2)28(25,26)17-10-8-15(9-11-17)19-22-18(20(24)27-19)13-14-6-5-7-16(21)12-14/h5-13H,3-4H2,1-2H3/b18-13-. The lowest BCUT2D eigenvalue weighted by Crippen LogP contribution is -2.30. The number of carbonyl (C=O) groups excluding carboxylic acids is 1. The first-order chi connectivity index (χ1) is 13.3. The molecular formula is C20H19ClN2O4S. The molecule has 1 aliphatic heterocycles. The predicted octanol–water partition coefficient (Wildman–Crippen LogP) is 3.72. The summed E-state index contributed by atoms with van der Waals surface area (Å²) in [6.07, 6.45) is 1.58. The van der Waals surface area contributed by atoms with Crippen LogP contribution in [0.5, 0.6) is 0 Å². The molecule has 0 saturated carbocycles. The Morgan fingerprint density at radius 1 is 1.11 bits per heavy atom. The van der Waals surface area contributed by atoms with Gasteiger partial charge >= 0.3 is 5.97 Å². The van der Waals surface area contributed by atoms with E-state index in [1.807, 2.05) is 0 Å². The van der Waals surface area contributed by atoms with Crippen LogP contribution >= 0.6 is 11.6 Å². The molecule has 6 nitrogen and oxygen atoms in total. The van der Waals surface area contributed by atoms with Gasteiger partial charge in [0.15, 0.2) is 5.70 Å². The van der Waals surface area contributed by atoms with Crippen LogP contribution in [0.1, 0.15) is 25.0 Å². The van der Waals surface area contributed by atoms with Crippen molar-refractivity contribution in [2.24, 2.45) is 4.99 Å². The Hall–Kier alpha value is -2.48. The number of cyclic esters (lactones) is 1. The zero-order chi connectivity index (χ0) is 20.3. The maximum Gasteiger partial charge on any atom is 0.363 e. The maximum atomic E-state index is 12.6. The molecule has 0 aliphatic carbocycles. The van der Waals surface area contributed by atoms with Gasteiger partial charge in [-0.2, -0.15) is 4.31 Å². The average Bonchev–Trinajstić information content (AvgIpc) is 3.03. The van der Waals surface area contributed by atoms with E-state index in [9.17, 15) is 13.2 Å². The average molecular weight is 419 g/mol. The first-order valence-corrected chi connectivity index (χ1v) is 10.6. The van der Waals surface area contributed by atoms with E-state index in [0.29, 0.717) is 23.7 Å². The van der Waals surface area contributed by atoms with Crippen LogP contribution in [0, 0.1) is 0 Å². The first kappa shape index (κ1) is 20.3. The molecule has 0 unspecified atom stereocenters. The fourth-order valence-corrected chi connectivity index (χ4v) is 4.43. The van der Waals surface area contributed by atoms with Crippen LogP contribution in [0.4, 0.5) is 0 Å². The molecule has 0 spiro atoms. The zero-order valence-corrected chi connectivity index (χ0v) is 17.0. The van der Waals surface area contributed by atoms with Crippen molar-refractivity contribution in [1.29, 1.82) is 0 Å². The summed E-state index contributed by atoms with van der Waals surface area (Å²) in [5.74, 6) is -0.445. The van der Waals surface area contributed by atoms with Crippen LogP contribution in [0.3, 0.4) is 0 Å². The van der Waals surface area contributed by atoms with Gasteiger partial charge in [-0.05, 0) is 48.0 Å². The first-order valence-electron chi connectivity index (χ1n) is 8.74. The SMILES string of the molecule is CCN(CC)S(=O)(=O)c1ccc(C2=N/C(=C\c3cccc(Cl)c3)C(=O)O2)cc1. The highest BCUT2D eigenvalue weighted by Crippen LogP contribution is 2.22. The second kappa shape index (κ2) is 8.26. The van der Waals surface area contributed by atoms with Gasteiger partial charge in [-0.15, -0.1) is 0 Å². The largest absolute Gasteiger partial charge is 0.402 e. The van der Waals surface area contributed by atoms with Gasteiger partial charge in [0.25, 0.3) is 0 Å². The summed E-state index contributed by atoms with van der Waals surface area (Å²) in [5.41, 5.74) is 1.39. The van der Waals surface area contributed by atoms with E-state index in [-0.39, 0.29) is 16.5 Å². The number of halogens is 1. The Morgan fingerprint density at radius 2 is 1.79 bits per heavy atom. The van der Waals surface area contributed by atoms with E-state index in [0.717, 1.165) is 5.56 Å². The molecule has 0 aromatic heterocycles. The predicted molar refractivity (Wildman–Crippen MR) is 109 cm³/mol. The molecule has 2 aromatic carbocycles. The number of carbonyl (C=O) groups is 1. The van der Waals surface area contributed by atoms with Gasteiger partial charge < -0.3 is 4.74 Å². The van der Waals surface area contributed by atoms with Crippen molar-refractivity contribution in [2.45, 2.75) is 18.7 Å². The molecule has 146 valence electrons. The Labute approximate surface area is 169 Å². The minimum Gasteiger partial charge on any atom is -0.402 e. The van der Waals surface area contributed by atoms with Gasteiger partial charge in [0.1, 0.15) is 0 Å². The number of sulfonamides is 1. The molecule has 28 heavy (non-hydrogen) atoms. The number of aliphatic imine (C=N–C) groups is 1. The molecule has 0 atom stereocenters. The van der Waals surface area contributed by atoms with Crippen LogP contribution in [-0.4, -0.2) is 37.7 Å². The van der Waals surface area contributed by atoms with E-state index in [1.165, 1.54) is 16.4 Å². The molecule has 0 bridgehead atoms. The molecule has 0 radical (unpaired) electrons. The monoisotopic (exact) mass is 418 g/mol. The third-order valence-electron chi connectivity index (χ3n) is 4.22. The minimum atomic E-state index is -3.55. The van der Waals surface area contributed by atoms with Gasteiger partial charge in [-0.1, -0.05) is 37.6 Å². The molecule has 2 aromatic rings. The van der Waals surface area contributed by atoms with E-state index < -0.39 is 16.0 Å². The van der Waals surface area contributed by atoms with Gasteiger partial charge in [-0.3, -0.25) is 0 Å². The van der Waals surface area contributed by atoms with Gasteiger partial charge in [-0.25, -0.2) is 18.2 Å². The van der Waals surface area contributed by atoms with Crippen molar-refractivity contribution >= 4 is 39.6 Å². The smallest absolute Gasteiger partial charge is 0.363 e. The Kier molecular flexibility index (Phi) is 5.98. The number of nitrogens with zero attached hydrogens (tertiary/aromatic N) is 2. The van der Waals surface area contributed by atoms with Crippen molar-refractivity contribution in [3.63, 3.8) is 0 Å². The molecule has 1 aliphatic rings. The molecule has 0 N–H and O–H groups in total. The summed E-state index contributed by atoms with van der Waals surface area (Å²) in [6, 6.07) is 13.1. The zero-order valence-electron chi connectivity index (χ0n) is 15.4. The summed E-state index contributed by atoms with van der Waals surface area (Å²) in [7, 11) is -3.55.